The number of rotatable bonds is 5. The van der Waals surface area contributed by atoms with E-state index < -0.39 is 9.39 Å². The van der Waals surface area contributed by atoms with Crippen molar-refractivity contribution in [1.29, 1.82) is 0 Å². The van der Waals surface area contributed by atoms with Crippen LogP contribution in [0.4, 0.5) is 0 Å². The van der Waals surface area contributed by atoms with Gasteiger partial charge in [0.2, 0.25) is 0 Å². The Morgan fingerprint density at radius 1 is 1.45 bits per heavy atom. The molecule has 0 aliphatic carbocycles. The fourth-order valence-corrected chi connectivity index (χ4v) is 2.84. The van der Waals surface area contributed by atoms with Crippen LogP contribution in [0, 0.1) is 0 Å². The molecule has 20 heavy (non-hydrogen) atoms. The minimum absolute atomic E-state index is 0.330. The third-order valence-electron chi connectivity index (χ3n) is 3.24. The van der Waals surface area contributed by atoms with Crippen molar-refractivity contribution in [1.82, 2.24) is 0 Å². The molecular weight excluding hydrogens is 321 g/mol. The molecule has 0 saturated carbocycles. The molecule has 110 valence electrons. The molecule has 1 heterocycles. The Hall–Kier alpha value is -0.480. The Bertz CT molecular complexity index is 507. The van der Waals surface area contributed by atoms with Crippen molar-refractivity contribution < 1.29 is 9.57 Å². The van der Waals surface area contributed by atoms with Crippen molar-refractivity contribution in [3.63, 3.8) is 0 Å². The summed E-state index contributed by atoms with van der Waals surface area (Å²) < 4.78 is 4.23. The zero-order chi connectivity index (χ0) is 14.8. The van der Waals surface area contributed by atoms with Gasteiger partial charge in [0, 0.05) is 6.42 Å². The average Bonchev–Trinajstić information content (AvgIpc) is 3.15. The SMILES string of the molecule is CCC(=NOC)c1cccc(C2(CC(Cl)(Cl)Cl)CO2)c1. The van der Waals surface area contributed by atoms with Gasteiger partial charge in [-0.15, -0.1) is 0 Å². The maximum atomic E-state index is 5.89. The number of alkyl halides is 3. The van der Waals surface area contributed by atoms with Crippen molar-refractivity contribution in [3.05, 3.63) is 35.4 Å². The van der Waals surface area contributed by atoms with Crippen LogP contribution < -0.4 is 0 Å². The molecule has 0 spiro atoms. The van der Waals surface area contributed by atoms with Crippen LogP contribution >= 0.6 is 34.8 Å². The highest BCUT2D eigenvalue weighted by atomic mass is 35.6. The lowest BCUT2D eigenvalue weighted by Gasteiger charge is -2.18. The molecule has 1 aliphatic heterocycles. The average molecular weight is 337 g/mol. The van der Waals surface area contributed by atoms with Crippen LogP contribution in [0.2, 0.25) is 0 Å². The minimum Gasteiger partial charge on any atom is -0.399 e. The maximum absolute atomic E-state index is 5.89. The van der Waals surface area contributed by atoms with E-state index in [1.807, 2.05) is 31.2 Å². The number of hydrogen-bond acceptors (Lipinski definition) is 3. The number of hydrogen-bond donors (Lipinski definition) is 0. The molecule has 2 rings (SSSR count). The number of halogens is 3. The molecule has 0 radical (unpaired) electrons. The van der Waals surface area contributed by atoms with E-state index in [0.29, 0.717) is 13.0 Å². The van der Waals surface area contributed by atoms with Crippen LogP contribution in [0.3, 0.4) is 0 Å². The standard InChI is InChI=1S/C14H16Cl3NO2/c1-3-12(18-19-2)10-5-4-6-11(7-10)13(9-20-13)8-14(15,16)17/h4-7H,3,8-9H2,1-2H3. The van der Waals surface area contributed by atoms with Crippen LogP contribution in [0.25, 0.3) is 0 Å². The van der Waals surface area contributed by atoms with Crippen LogP contribution in [0.1, 0.15) is 30.9 Å². The van der Waals surface area contributed by atoms with Gasteiger partial charge in [-0.05, 0) is 23.6 Å². The normalized spacial score (nSPS) is 22.8. The van der Waals surface area contributed by atoms with E-state index in [-0.39, 0.29) is 0 Å². The quantitative estimate of drug-likeness (QED) is 0.345. The van der Waals surface area contributed by atoms with Gasteiger partial charge in [0.1, 0.15) is 12.7 Å². The summed E-state index contributed by atoms with van der Waals surface area (Å²) in [5.41, 5.74) is 2.37. The molecular formula is C14H16Cl3NO2. The van der Waals surface area contributed by atoms with Gasteiger partial charge in [0.15, 0.2) is 3.79 Å². The molecule has 0 aromatic heterocycles. The zero-order valence-corrected chi connectivity index (χ0v) is 13.6. The van der Waals surface area contributed by atoms with Crippen molar-refractivity contribution in [3.8, 4) is 0 Å². The molecule has 6 heteroatoms. The van der Waals surface area contributed by atoms with Crippen molar-refractivity contribution in [2.24, 2.45) is 5.16 Å². The molecule has 1 aliphatic rings. The molecule has 1 saturated heterocycles. The largest absolute Gasteiger partial charge is 0.399 e. The number of nitrogens with zero attached hydrogens (tertiary/aromatic N) is 1. The van der Waals surface area contributed by atoms with E-state index in [0.717, 1.165) is 23.3 Å². The first kappa shape index (κ1) is 15.9. The predicted molar refractivity (Wildman–Crippen MR) is 82.8 cm³/mol. The Kier molecular flexibility index (Phi) is 4.85. The van der Waals surface area contributed by atoms with Crippen LogP contribution in [0.15, 0.2) is 29.4 Å². The Labute approximate surface area is 133 Å². The topological polar surface area (TPSA) is 34.1 Å². The summed E-state index contributed by atoms with van der Waals surface area (Å²) in [6.07, 6.45) is 1.10. The molecule has 1 atom stereocenters. The number of epoxide rings is 1. The summed E-state index contributed by atoms with van der Waals surface area (Å²) in [5, 5.41) is 4.03. The van der Waals surface area contributed by atoms with E-state index in [1.54, 1.807) is 0 Å². The van der Waals surface area contributed by atoms with Gasteiger partial charge < -0.3 is 9.57 Å². The van der Waals surface area contributed by atoms with Gasteiger partial charge in [0.05, 0.1) is 12.3 Å². The highest BCUT2D eigenvalue weighted by molar-refractivity contribution is 6.67. The molecule has 3 nitrogen and oxygen atoms in total. The molecule has 1 aromatic rings. The predicted octanol–water partition coefficient (Wildman–Crippen LogP) is 4.43. The molecule has 1 unspecified atom stereocenters. The van der Waals surface area contributed by atoms with E-state index in [9.17, 15) is 0 Å². The third kappa shape index (κ3) is 3.79. The Morgan fingerprint density at radius 2 is 2.15 bits per heavy atom. The Balaban J connectivity index is 2.29. The zero-order valence-electron chi connectivity index (χ0n) is 11.3. The molecule has 0 N–H and O–H groups in total. The lowest BCUT2D eigenvalue weighted by Crippen LogP contribution is -2.18. The monoisotopic (exact) mass is 335 g/mol. The maximum Gasteiger partial charge on any atom is 0.193 e. The van der Waals surface area contributed by atoms with Crippen molar-refractivity contribution in [2.75, 3.05) is 13.7 Å². The second-order valence-corrected chi connectivity index (χ2v) is 7.25. The summed E-state index contributed by atoms with van der Waals surface area (Å²) in [6, 6.07) is 7.93. The molecule has 1 aromatic carbocycles. The smallest absolute Gasteiger partial charge is 0.193 e. The number of benzene rings is 1. The lowest BCUT2D eigenvalue weighted by molar-refractivity contribution is 0.213. The van der Waals surface area contributed by atoms with Gasteiger partial charge in [-0.25, -0.2) is 0 Å². The third-order valence-corrected chi connectivity index (χ3v) is 3.64. The highest BCUT2D eigenvalue weighted by Crippen LogP contribution is 2.49. The van der Waals surface area contributed by atoms with Gasteiger partial charge in [-0.2, -0.15) is 0 Å². The summed E-state index contributed by atoms with van der Waals surface area (Å²) in [6.45, 7) is 2.59. The highest BCUT2D eigenvalue weighted by Gasteiger charge is 2.51. The van der Waals surface area contributed by atoms with Gasteiger partial charge in [0.25, 0.3) is 0 Å². The molecule has 0 amide bonds. The second kappa shape index (κ2) is 6.10. The summed E-state index contributed by atoms with van der Waals surface area (Å²) in [4.78, 5) is 4.86. The summed E-state index contributed by atoms with van der Waals surface area (Å²) >= 11 is 17.7. The first-order valence-corrected chi connectivity index (χ1v) is 7.45. The second-order valence-electron chi connectivity index (χ2n) is 4.73. The van der Waals surface area contributed by atoms with Crippen LogP contribution in [0.5, 0.6) is 0 Å². The van der Waals surface area contributed by atoms with E-state index in [4.69, 9.17) is 44.4 Å². The summed E-state index contributed by atoms with van der Waals surface area (Å²) in [7, 11) is 1.54. The van der Waals surface area contributed by atoms with E-state index in [1.165, 1.54) is 7.11 Å². The van der Waals surface area contributed by atoms with Gasteiger partial charge in [-0.1, -0.05) is 65.1 Å². The number of ether oxygens (including phenoxy) is 1. The first-order valence-electron chi connectivity index (χ1n) is 6.32. The van der Waals surface area contributed by atoms with Gasteiger partial charge >= 0.3 is 0 Å². The molecule has 0 bridgehead atoms. The van der Waals surface area contributed by atoms with Gasteiger partial charge in [-0.3, -0.25) is 0 Å². The summed E-state index contributed by atoms with van der Waals surface area (Å²) in [5.74, 6) is 0. The molecule has 1 fully saturated rings. The van der Waals surface area contributed by atoms with E-state index in [2.05, 4.69) is 5.16 Å². The number of oxime groups is 1. The Morgan fingerprint density at radius 3 is 2.65 bits per heavy atom. The lowest BCUT2D eigenvalue weighted by atomic mass is 9.94. The van der Waals surface area contributed by atoms with Crippen molar-refractivity contribution in [2.45, 2.75) is 29.2 Å². The fourth-order valence-electron chi connectivity index (χ4n) is 2.20. The van der Waals surface area contributed by atoms with E-state index >= 15 is 0 Å². The van der Waals surface area contributed by atoms with Crippen molar-refractivity contribution >= 4 is 40.5 Å². The minimum atomic E-state index is -1.33. The van der Waals surface area contributed by atoms with Crippen LogP contribution in [-0.2, 0) is 15.2 Å². The fraction of sp³-hybridized carbons (Fsp3) is 0.500. The first-order chi connectivity index (χ1) is 9.40. The van der Waals surface area contributed by atoms with Crippen LogP contribution in [-0.4, -0.2) is 23.2 Å².